The van der Waals surface area contributed by atoms with Gasteiger partial charge in [-0.3, -0.25) is 0 Å². The molecule has 0 amide bonds. The van der Waals surface area contributed by atoms with Crippen LogP contribution in [-0.4, -0.2) is 19.6 Å². The van der Waals surface area contributed by atoms with E-state index in [4.69, 9.17) is 9.52 Å². The summed E-state index contributed by atoms with van der Waals surface area (Å²) in [4.78, 5) is -0.0840. The Bertz CT molecular complexity index is 698. The smallest absolute Gasteiger partial charge is 0.240 e. The van der Waals surface area contributed by atoms with Gasteiger partial charge in [0.15, 0.2) is 0 Å². The van der Waals surface area contributed by atoms with Crippen molar-refractivity contribution < 1.29 is 22.3 Å². The summed E-state index contributed by atoms with van der Waals surface area (Å²) in [6, 6.07) is 6.41. The molecule has 21 heavy (non-hydrogen) atoms. The minimum atomic E-state index is -3.78. The first-order valence-corrected chi connectivity index (χ1v) is 7.84. The molecule has 0 saturated carbocycles. The van der Waals surface area contributed by atoms with Crippen LogP contribution in [0.4, 0.5) is 4.39 Å². The van der Waals surface area contributed by atoms with Gasteiger partial charge in [-0.2, -0.15) is 0 Å². The minimum Gasteiger partial charge on any atom is -0.469 e. The molecule has 0 fully saturated rings. The third-order valence-electron chi connectivity index (χ3n) is 2.94. The highest BCUT2D eigenvalue weighted by Gasteiger charge is 2.19. The van der Waals surface area contributed by atoms with E-state index in [1.54, 1.807) is 19.1 Å². The molecule has 7 heteroatoms. The molecule has 0 saturated heterocycles. The van der Waals surface area contributed by atoms with Crippen molar-refractivity contribution >= 4 is 10.0 Å². The molecule has 0 spiro atoms. The zero-order chi connectivity index (χ0) is 15.5. The van der Waals surface area contributed by atoms with E-state index >= 15 is 0 Å². The van der Waals surface area contributed by atoms with Crippen LogP contribution in [0.2, 0.25) is 0 Å². The predicted octanol–water partition coefficient (Wildman–Crippen LogP) is 1.82. The molecule has 0 bridgehead atoms. The van der Waals surface area contributed by atoms with Gasteiger partial charge < -0.3 is 9.52 Å². The number of nitrogens with one attached hydrogen (secondary N) is 1. The van der Waals surface area contributed by atoms with E-state index in [2.05, 4.69) is 4.72 Å². The van der Waals surface area contributed by atoms with E-state index in [0.29, 0.717) is 12.2 Å². The van der Waals surface area contributed by atoms with Crippen molar-refractivity contribution in [1.29, 1.82) is 0 Å². The average Bonchev–Trinajstić information content (AvgIpc) is 2.91. The lowest BCUT2D eigenvalue weighted by Crippen LogP contribution is -2.34. The molecule has 0 aliphatic carbocycles. The van der Waals surface area contributed by atoms with Gasteiger partial charge in [-0.25, -0.2) is 17.5 Å². The van der Waals surface area contributed by atoms with Crippen LogP contribution < -0.4 is 4.72 Å². The molecule has 0 radical (unpaired) electrons. The molecule has 2 N–H and O–H groups in total. The van der Waals surface area contributed by atoms with Crippen molar-refractivity contribution in [2.45, 2.75) is 30.9 Å². The Morgan fingerprint density at radius 3 is 2.76 bits per heavy atom. The number of rotatable bonds is 6. The van der Waals surface area contributed by atoms with Crippen LogP contribution in [0.1, 0.15) is 18.2 Å². The summed E-state index contributed by atoms with van der Waals surface area (Å²) in [7, 11) is -3.78. The number of hydrogen-bond acceptors (Lipinski definition) is 4. The minimum absolute atomic E-state index is 0.0587. The van der Waals surface area contributed by atoms with Crippen LogP contribution in [0.25, 0.3) is 0 Å². The zero-order valence-electron chi connectivity index (χ0n) is 11.4. The van der Waals surface area contributed by atoms with Crippen LogP contribution in [-0.2, 0) is 23.1 Å². The molecule has 0 aliphatic heterocycles. The van der Waals surface area contributed by atoms with E-state index in [0.717, 1.165) is 18.2 Å². The molecule has 2 aromatic rings. The number of aliphatic hydroxyl groups excluding tert-OH is 1. The molecular formula is C14H16FNO4S. The van der Waals surface area contributed by atoms with Crippen LogP contribution >= 0.6 is 0 Å². The van der Waals surface area contributed by atoms with Crippen molar-refractivity contribution in [1.82, 2.24) is 4.72 Å². The van der Waals surface area contributed by atoms with E-state index < -0.39 is 22.4 Å². The molecule has 1 heterocycles. The maximum Gasteiger partial charge on any atom is 0.240 e. The lowest BCUT2D eigenvalue weighted by molar-refractivity contribution is 0.275. The first-order valence-electron chi connectivity index (χ1n) is 6.36. The largest absolute Gasteiger partial charge is 0.469 e. The SMILES string of the molecule is CC(Cc1ccco1)NS(=O)(=O)c1ccc(F)c(CO)c1. The quantitative estimate of drug-likeness (QED) is 0.852. The van der Waals surface area contributed by atoms with Crippen molar-refractivity contribution in [2.24, 2.45) is 0 Å². The predicted molar refractivity (Wildman–Crippen MR) is 74.5 cm³/mol. The molecule has 5 nitrogen and oxygen atoms in total. The van der Waals surface area contributed by atoms with Gasteiger partial charge in [0, 0.05) is 18.0 Å². The van der Waals surface area contributed by atoms with E-state index in [9.17, 15) is 12.8 Å². The van der Waals surface area contributed by atoms with Crippen molar-refractivity contribution in [2.75, 3.05) is 0 Å². The third-order valence-corrected chi connectivity index (χ3v) is 4.53. The van der Waals surface area contributed by atoms with Gasteiger partial charge >= 0.3 is 0 Å². The highest BCUT2D eigenvalue weighted by Crippen LogP contribution is 2.16. The Morgan fingerprint density at radius 1 is 1.38 bits per heavy atom. The number of benzene rings is 1. The monoisotopic (exact) mass is 313 g/mol. The molecule has 0 aliphatic rings. The number of halogens is 1. The fraction of sp³-hybridized carbons (Fsp3) is 0.286. The molecular weight excluding hydrogens is 297 g/mol. The van der Waals surface area contributed by atoms with Crippen molar-refractivity contribution in [3.63, 3.8) is 0 Å². The Balaban J connectivity index is 2.14. The maximum atomic E-state index is 13.3. The number of furan rings is 1. The van der Waals surface area contributed by atoms with E-state index in [-0.39, 0.29) is 16.5 Å². The summed E-state index contributed by atoms with van der Waals surface area (Å²) in [5.41, 5.74) is -0.0587. The molecule has 1 atom stereocenters. The third kappa shape index (κ3) is 3.90. The summed E-state index contributed by atoms with van der Waals surface area (Å²) in [6.45, 7) is 1.15. The van der Waals surface area contributed by atoms with Gasteiger partial charge in [0.2, 0.25) is 10.0 Å². The lowest BCUT2D eigenvalue weighted by atomic mass is 10.2. The van der Waals surface area contributed by atoms with E-state index in [1.165, 1.54) is 6.26 Å². The normalized spacial score (nSPS) is 13.3. The van der Waals surface area contributed by atoms with Gasteiger partial charge in [-0.1, -0.05) is 0 Å². The molecule has 1 aromatic heterocycles. The average molecular weight is 313 g/mol. The summed E-state index contributed by atoms with van der Waals surface area (Å²) in [5, 5.41) is 8.99. The standard InChI is InChI=1S/C14H16FNO4S/c1-10(7-12-3-2-6-20-12)16-21(18,19)13-4-5-14(15)11(8-13)9-17/h2-6,8,10,16-17H,7,9H2,1H3. The van der Waals surface area contributed by atoms with Crippen molar-refractivity contribution in [3.05, 3.63) is 53.7 Å². The van der Waals surface area contributed by atoms with Gasteiger partial charge in [-0.15, -0.1) is 0 Å². The second-order valence-corrected chi connectivity index (χ2v) is 6.43. The number of sulfonamides is 1. The van der Waals surface area contributed by atoms with Crippen LogP contribution in [0.15, 0.2) is 45.9 Å². The van der Waals surface area contributed by atoms with Gasteiger partial charge in [0.25, 0.3) is 0 Å². The molecule has 1 unspecified atom stereocenters. The summed E-state index contributed by atoms with van der Waals surface area (Å²) in [5.74, 6) is 0.0282. The Morgan fingerprint density at radius 2 is 2.14 bits per heavy atom. The lowest BCUT2D eigenvalue weighted by Gasteiger charge is -2.13. The van der Waals surface area contributed by atoms with Crippen LogP contribution in [0.3, 0.4) is 0 Å². The second-order valence-electron chi connectivity index (χ2n) is 4.72. The van der Waals surface area contributed by atoms with Gasteiger partial charge in [0.05, 0.1) is 17.8 Å². The van der Waals surface area contributed by atoms with Gasteiger partial charge in [-0.05, 0) is 37.3 Å². The molecule has 2 rings (SSSR count). The fourth-order valence-electron chi connectivity index (χ4n) is 1.94. The molecule has 114 valence electrons. The number of hydrogen-bond donors (Lipinski definition) is 2. The molecule has 1 aromatic carbocycles. The second kappa shape index (κ2) is 6.38. The topological polar surface area (TPSA) is 79.5 Å². The maximum absolute atomic E-state index is 13.3. The first-order chi connectivity index (χ1) is 9.92. The highest BCUT2D eigenvalue weighted by molar-refractivity contribution is 7.89. The Hall–Kier alpha value is -1.70. The first kappa shape index (κ1) is 15.7. The fourth-order valence-corrected chi connectivity index (χ4v) is 3.24. The summed E-state index contributed by atoms with van der Waals surface area (Å²) >= 11 is 0. The summed E-state index contributed by atoms with van der Waals surface area (Å²) in [6.07, 6.45) is 1.92. The Kier molecular flexibility index (Phi) is 4.76. The van der Waals surface area contributed by atoms with Crippen LogP contribution in [0.5, 0.6) is 0 Å². The van der Waals surface area contributed by atoms with Crippen molar-refractivity contribution in [3.8, 4) is 0 Å². The zero-order valence-corrected chi connectivity index (χ0v) is 12.2. The number of aliphatic hydroxyl groups is 1. The summed E-state index contributed by atoms with van der Waals surface area (Å²) < 4.78 is 45.3. The Labute approximate surface area is 122 Å². The highest BCUT2D eigenvalue weighted by atomic mass is 32.2. The van der Waals surface area contributed by atoms with E-state index in [1.807, 2.05) is 0 Å². The van der Waals surface area contributed by atoms with Gasteiger partial charge in [0.1, 0.15) is 11.6 Å². The van der Waals surface area contributed by atoms with Crippen LogP contribution in [0, 0.1) is 5.82 Å².